The van der Waals surface area contributed by atoms with Crippen LogP contribution in [0.3, 0.4) is 0 Å². The van der Waals surface area contributed by atoms with Gasteiger partial charge in [-0.1, -0.05) is 27.7 Å². The quantitative estimate of drug-likeness (QED) is 0.867. The van der Waals surface area contributed by atoms with E-state index in [9.17, 15) is 9.18 Å². The second-order valence-corrected chi connectivity index (χ2v) is 5.06. The summed E-state index contributed by atoms with van der Waals surface area (Å²) in [4.78, 5) is 10.4. The second kappa shape index (κ2) is 5.49. The standard InChI is InChI=1S/C10H6BrFN2O3S/c11-6-1-5(2-7(12)3-6)9-13-14-10(17-9)18-4-8(15)16/h1-3H,4H2,(H,15,16). The lowest BCUT2D eigenvalue weighted by molar-refractivity contribution is -0.133. The molecule has 0 radical (unpaired) electrons. The summed E-state index contributed by atoms with van der Waals surface area (Å²) < 4.78 is 18.9. The van der Waals surface area contributed by atoms with Crippen LogP contribution in [0.1, 0.15) is 0 Å². The van der Waals surface area contributed by atoms with Crippen LogP contribution in [0.5, 0.6) is 0 Å². The largest absolute Gasteiger partial charge is 0.481 e. The number of hydrogen-bond donors (Lipinski definition) is 1. The van der Waals surface area contributed by atoms with Crippen LogP contribution in [0.15, 0.2) is 32.3 Å². The van der Waals surface area contributed by atoms with Gasteiger partial charge in [0.2, 0.25) is 5.89 Å². The summed E-state index contributed by atoms with van der Waals surface area (Å²) in [6.07, 6.45) is 0. The first-order valence-electron chi connectivity index (χ1n) is 4.69. The number of hydrogen-bond acceptors (Lipinski definition) is 5. The number of carbonyl (C=O) groups is 1. The smallest absolute Gasteiger partial charge is 0.314 e. The normalized spacial score (nSPS) is 10.6. The minimum absolute atomic E-state index is 0.132. The highest BCUT2D eigenvalue weighted by Gasteiger charge is 2.12. The number of aliphatic carboxylic acids is 1. The van der Waals surface area contributed by atoms with Crippen LogP contribution in [-0.4, -0.2) is 27.0 Å². The molecule has 1 N–H and O–H groups in total. The fourth-order valence-electron chi connectivity index (χ4n) is 1.19. The van der Waals surface area contributed by atoms with Crippen molar-refractivity contribution in [3.8, 4) is 11.5 Å². The molecule has 2 rings (SSSR count). The zero-order chi connectivity index (χ0) is 13.1. The summed E-state index contributed by atoms with van der Waals surface area (Å²) in [5.41, 5.74) is 0.427. The van der Waals surface area contributed by atoms with E-state index in [-0.39, 0.29) is 16.9 Å². The van der Waals surface area contributed by atoms with E-state index in [1.54, 1.807) is 6.07 Å². The number of thioether (sulfide) groups is 1. The third-order valence-electron chi connectivity index (χ3n) is 1.84. The highest BCUT2D eigenvalue weighted by molar-refractivity contribution is 9.10. The van der Waals surface area contributed by atoms with Crippen molar-refractivity contribution in [1.29, 1.82) is 0 Å². The maximum atomic E-state index is 13.2. The van der Waals surface area contributed by atoms with E-state index in [1.165, 1.54) is 12.1 Å². The van der Waals surface area contributed by atoms with Crippen molar-refractivity contribution in [3.05, 3.63) is 28.5 Å². The first kappa shape index (κ1) is 13.0. The molecule has 0 fully saturated rings. The van der Waals surface area contributed by atoms with E-state index < -0.39 is 11.8 Å². The number of carboxylic acids is 1. The Balaban J connectivity index is 2.21. The van der Waals surface area contributed by atoms with Crippen molar-refractivity contribution in [2.24, 2.45) is 0 Å². The molecule has 0 saturated carbocycles. The molecule has 0 aliphatic carbocycles. The topological polar surface area (TPSA) is 76.2 Å². The lowest BCUT2D eigenvalue weighted by atomic mass is 10.2. The van der Waals surface area contributed by atoms with Crippen LogP contribution in [0.2, 0.25) is 0 Å². The molecule has 0 amide bonds. The molecule has 5 nitrogen and oxygen atoms in total. The predicted octanol–water partition coefficient (Wildman–Crippen LogP) is 2.81. The summed E-state index contributed by atoms with van der Waals surface area (Å²) >= 11 is 4.06. The first-order chi connectivity index (χ1) is 8.54. The SMILES string of the molecule is O=C(O)CSc1nnc(-c2cc(F)cc(Br)c2)o1. The molecule has 0 spiro atoms. The van der Waals surface area contributed by atoms with Crippen LogP contribution in [0.25, 0.3) is 11.5 Å². The van der Waals surface area contributed by atoms with E-state index in [0.29, 0.717) is 10.0 Å². The van der Waals surface area contributed by atoms with E-state index in [0.717, 1.165) is 11.8 Å². The van der Waals surface area contributed by atoms with Crippen molar-refractivity contribution >= 4 is 33.7 Å². The molecule has 2 aromatic rings. The van der Waals surface area contributed by atoms with Crippen molar-refractivity contribution < 1.29 is 18.7 Å². The van der Waals surface area contributed by atoms with Gasteiger partial charge in [-0.05, 0) is 18.2 Å². The number of aromatic nitrogens is 2. The van der Waals surface area contributed by atoms with Gasteiger partial charge in [0.1, 0.15) is 11.6 Å². The molecular weight excluding hydrogens is 327 g/mol. The number of carboxylic acid groups (broad SMARTS) is 1. The van der Waals surface area contributed by atoms with Crippen LogP contribution in [0, 0.1) is 5.82 Å². The highest BCUT2D eigenvalue weighted by atomic mass is 79.9. The van der Waals surface area contributed by atoms with Crippen molar-refractivity contribution in [1.82, 2.24) is 10.2 Å². The fraction of sp³-hybridized carbons (Fsp3) is 0.100. The van der Waals surface area contributed by atoms with Crippen molar-refractivity contribution in [2.75, 3.05) is 5.75 Å². The minimum Gasteiger partial charge on any atom is -0.481 e. The van der Waals surface area contributed by atoms with E-state index in [4.69, 9.17) is 9.52 Å². The van der Waals surface area contributed by atoms with Crippen LogP contribution in [0.4, 0.5) is 4.39 Å². The molecule has 94 valence electrons. The Morgan fingerprint density at radius 3 is 2.89 bits per heavy atom. The Morgan fingerprint density at radius 1 is 1.44 bits per heavy atom. The summed E-state index contributed by atoms with van der Waals surface area (Å²) in [7, 11) is 0. The van der Waals surface area contributed by atoms with Gasteiger partial charge in [-0.3, -0.25) is 4.79 Å². The average Bonchev–Trinajstić information content (AvgIpc) is 2.73. The number of halogens is 2. The minimum atomic E-state index is -0.978. The van der Waals surface area contributed by atoms with Gasteiger partial charge in [0, 0.05) is 10.0 Å². The van der Waals surface area contributed by atoms with Gasteiger partial charge < -0.3 is 9.52 Å². The van der Waals surface area contributed by atoms with Gasteiger partial charge in [0.05, 0.1) is 0 Å². The maximum Gasteiger partial charge on any atom is 0.314 e. The lowest BCUT2D eigenvalue weighted by Crippen LogP contribution is -1.97. The molecule has 8 heteroatoms. The van der Waals surface area contributed by atoms with Gasteiger partial charge in [-0.25, -0.2) is 4.39 Å². The Bertz CT molecular complexity index is 570. The summed E-state index contributed by atoms with van der Waals surface area (Å²) in [5, 5.41) is 16.0. The monoisotopic (exact) mass is 332 g/mol. The molecule has 1 aromatic heterocycles. The lowest BCUT2D eigenvalue weighted by Gasteiger charge is -1.96. The Hall–Kier alpha value is -1.41. The van der Waals surface area contributed by atoms with Gasteiger partial charge in [-0.2, -0.15) is 0 Å². The van der Waals surface area contributed by atoms with Gasteiger partial charge in [0.25, 0.3) is 5.22 Å². The first-order valence-corrected chi connectivity index (χ1v) is 6.47. The summed E-state index contributed by atoms with van der Waals surface area (Å²) in [6, 6.07) is 4.19. The highest BCUT2D eigenvalue weighted by Crippen LogP contribution is 2.26. The Labute approximate surface area is 114 Å². The third kappa shape index (κ3) is 3.30. The Kier molecular flexibility index (Phi) is 3.97. The average molecular weight is 333 g/mol. The number of rotatable bonds is 4. The van der Waals surface area contributed by atoms with Crippen LogP contribution < -0.4 is 0 Å². The molecular formula is C10H6BrFN2O3S. The van der Waals surface area contributed by atoms with E-state index in [2.05, 4.69) is 26.1 Å². The molecule has 0 aliphatic rings. The molecule has 1 aromatic carbocycles. The molecule has 0 atom stereocenters. The second-order valence-electron chi connectivity index (χ2n) is 3.21. The van der Waals surface area contributed by atoms with Gasteiger partial charge in [-0.15, -0.1) is 10.2 Å². The zero-order valence-corrected chi connectivity index (χ0v) is 11.2. The summed E-state index contributed by atoms with van der Waals surface area (Å²) in [5.74, 6) is -1.44. The Morgan fingerprint density at radius 2 is 2.22 bits per heavy atom. The number of benzene rings is 1. The molecule has 1 heterocycles. The molecule has 18 heavy (non-hydrogen) atoms. The summed E-state index contributed by atoms with van der Waals surface area (Å²) in [6.45, 7) is 0. The van der Waals surface area contributed by atoms with Crippen molar-refractivity contribution in [3.63, 3.8) is 0 Å². The predicted molar refractivity (Wildman–Crippen MR) is 65.8 cm³/mol. The van der Waals surface area contributed by atoms with Gasteiger partial charge in [0.15, 0.2) is 0 Å². The van der Waals surface area contributed by atoms with Crippen molar-refractivity contribution in [2.45, 2.75) is 5.22 Å². The molecule has 0 saturated heterocycles. The molecule has 0 aliphatic heterocycles. The zero-order valence-electron chi connectivity index (χ0n) is 8.76. The van der Waals surface area contributed by atoms with Crippen LogP contribution in [-0.2, 0) is 4.79 Å². The van der Waals surface area contributed by atoms with E-state index in [1.807, 2.05) is 0 Å². The van der Waals surface area contributed by atoms with Gasteiger partial charge >= 0.3 is 5.97 Å². The fourth-order valence-corrected chi connectivity index (χ4v) is 2.13. The third-order valence-corrected chi connectivity index (χ3v) is 3.10. The molecule has 0 bridgehead atoms. The number of nitrogens with zero attached hydrogens (tertiary/aromatic N) is 2. The van der Waals surface area contributed by atoms with E-state index >= 15 is 0 Å². The molecule has 0 unspecified atom stereocenters. The maximum absolute atomic E-state index is 13.2. The van der Waals surface area contributed by atoms with Crippen LogP contribution >= 0.6 is 27.7 Å².